The fraction of sp³-hybridized carbons (Fsp3) is 0.250. The van der Waals surface area contributed by atoms with Gasteiger partial charge in [-0.3, -0.25) is 4.68 Å². The molecule has 1 aromatic carbocycles. The van der Waals surface area contributed by atoms with E-state index in [1.54, 1.807) is 10.9 Å². The maximum Gasteiger partial charge on any atom is 0.201 e. The van der Waals surface area contributed by atoms with E-state index in [0.29, 0.717) is 11.0 Å². The molecule has 0 saturated heterocycles. The van der Waals surface area contributed by atoms with Gasteiger partial charge in [0.25, 0.3) is 0 Å². The zero-order valence-corrected chi connectivity index (χ0v) is 11.0. The quantitative estimate of drug-likeness (QED) is 0.790. The van der Waals surface area contributed by atoms with Gasteiger partial charge in [-0.2, -0.15) is 0 Å². The molecule has 7 heteroatoms. The first kappa shape index (κ1) is 12.0. The second-order valence-electron chi connectivity index (χ2n) is 4.27. The average molecular weight is 277 g/mol. The van der Waals surface area contributed by atoms with E-state index >= 15 is 0 Å². The summed E-state index contributed by atoms with van der Waals surface area (Å²) in [6, 6.07) is 5.58. The van der Waals surface area contributed by atoms with Crippen LogP contribution in [0.3, 0.4) is 0 Å². The molecule has 6 nitrogen and oxygen atoms in total. The molecule has 0 amide bonds. The summed E-state index contributed by atoms with van der Waals surface area (Å²) in [7, 11) is 0. The van der Waals surface area contributed by atoms with Crippen molar-refractivity contribution >= 4 is 28.6 Å². The number of nitrogens with zero attached hydrogens (tertiary/aromatic N) is 5. The molecule has 0 saturated carbocycles. The number of hydrogen-bond acceptors (Lipinski definition) is 4. The lowest BCUT2D eigenvalue weighted by molar-refractivity contribution is 0.521. The van der Waals surface area contributed by atoms with E-state index in [2.05, 4.69) is 15.3 Å². The van der Waals surface area contributed by atoms with Crippen LogP contribution in [-0.4, -0.2) is 24.5 Å². The summed E-state index contributed by atoms with van der Waals surface area (Å²) in [5.74, 6) is 0.510. The minimum Gasteiger partial charge on any atom is -0.369 e. The number of aromatic nitrogens is 5. The number of aryl methyl sites for hydroxylation is 2. The molecule has 0 fully saturated rings. The molecule has 0 aliphatic rings. The van der Waals surface area contributed by atoms with E-state index in [9.17, 15) is 0 Å². The van der Waals surface area contributed by atoms with Crippen LogP contribution in [0.1, 0.15) is 6.42 Å². The number of anilines is 1. The lowest BCUT2D eigenvalue weighted by Crippen LogP contribution is -2.07. The van der Waals surface area contributed by atoms with Crippen LogP contribution in [0.2, 0.25) is 5.02 Å². The van der Waals surface area contributed by atoms with Crippen molar-refractivity contribution in [2.45, 2.75) is 19.5 Å². The second kappa shape index (κ2) is 4.89. The smallest absolute Gasteiger partial charge is 0.201 e. The summed E-state index contributed by atoms with van der Waals surface area (Å²) in [6.07, 6.45) is 4.40. The van der Waals surface area contributed by atoms with Gasteiger partial charge in [0.15, 0.2) is 0 Å². The third kappa shape index (κ3) is 2.39. The van der Waals surface area contributed by atoms with E-state index in [1.807, 2.05) is 29.0 Å². The Balaban J connectivity index is 1.80. The Bertz CT molecular complexity index is 688. The van der Waals surface area contributed by atoms with Gasteiger partial charge in [-0.25, -0.2) is 4.98 Å². The fourth-order valence-corrected chi connectivity index (χ4v) is 2.26. The molecule has 19 heavy (non-hydrogen) atoms. The zero-order valence-electron chi connectivity index (χ0n) is 10.2. The number of imidazole rings is 1. The number of nitrogen functional groups attached to an aromatic ring is 1. The van der Waals surface area contributed by atoms with Gasteiger partial charge in [-0.05, 0) is 24.6 Å². The van der Waals surface area contributed by atoms with Crippen molar-refractivity contribution in [1.82, 2.24) is 24.5 Å². The summed E-state index contributed by atoms with van der Waals surface area (Å²) in [6.45, 7) is 1.56. The van der Waals surface area contributed by atoms with Crippen LogP contribution in [0, 0.1) is 0 Å². The Morgan fingerprint density at radius 2 is 2.16 bits per heavy atom. The predicted molar refractivity (Wildman–Crippen MR) is 73.8 cm³/mol. The van der Waals surface area contributed by atoms with Crippen molar-refractivity contribution < 1.29 is 0 Å². The largest absolute Gasteiger partial charge is 0.369 e. The van der Waals surface area contributed by atoms with Crippen LogP contribution in [0.5, 0.6) is 0 Å². The van der Waals surface area contributed by atoms with Gasteiger partial charge in [-0.15, -0.1) is 5.10 Å². The number of halogens is 1. The number of rotatable bonds is 4. The SMILES string of the molecule is Nc1nc2ccc(Cl)cc2n1CCCn1ccnn1. The second-order valence-corrected chi connectivity index (χ2v) is 4.71. The number of nitrogens with two attached hydrogens (primary N) is 1. The Morgan fingerprint density at radius 1 is 1.26 bits per heavy atom. The molecule has 0 atom stereocenters. The van der Waals surface area contributed by atoms with Crippen LogP contribution in [0.25, 0.3) is 11.0 Å². The molecular weight excluding hydrogens is 264 g/mol. The molecule has 3 aromatic rings. The van der Waals surface area contributed by atoms with E-state index in [4.69, 9.17) is 17.3 Å². The molecule has 0 aliphatic carbocycles. The van der Waals surface area contributed by atoms with Gasteiger partial charge >= 0.3 is 0 Å². The van der Waals surface area contributed by atoms with Crippen molar-refractivity contribution in [2.24, 2.45) is 0 Å². The summed E-state index contributed by atoms with van der Waals surface area (Å²) in [4.78, 5) is 4.32. The van der Waals surface area contributed by atoms with Crippen LogP contribution < -0.4 is 5.73 Å². The van der Waals surface area contributed by atoms with Crippen molar-refractivity contribution in [2.75, 3.05) is 5.73 Å². The summed E-state index contributed by atoms with van der Waals surface area (Å²) >= 11 is 6.01. The van der Waals surface area contributed by atoms with Crippen LogP contribution >= 0.6 is 11.6 Å². The third-order valence-electron chi connectivity index (χ3n) is 2.98. The molecule has 0 bridgehead atoms. The van der Waals surface area contributed by atoms with Gasteiger partial charge in [0.05, 0.1) is 17.2 Å². The summed E-state index contributed by atoms with van der Waals surface area (Å²) in [5.41, 5.74) is 7.76. The van der Waals surface area contributed by atoms with Crippen molar-refractivity contribution in [3.63, 3.8) is 0 Å². The third-order valence-corrected chi connectivity index (χ3v) is 3.22. The maximum atomic E-state index is 6.01. The van der Waals surface area contributed by atoms with E-state index in [0.717, 1.165) is 30.5 Å². The standard InChI is InChI=1S/C12H13ClN6/c13-9-2-3-10-11(8-9)19(12(14)16-10)6-1-5-18-7-4-15-17-18/h2-4,7-8H,1,5-6H2,(H2,14,16). The van der Waals surface area contributed by atoms with Gasteiger partial charge in [0, 0.05) is 24.3 Å². The number of fused-ring (bicyclic) bond motifs is 1. The minimum atomic E-state index is 0.510. The molecule has 98 valence electrons. The molecule has 2 heterocycles. The lowest BCUT2D eigenvalue weighted by atomic mass is 10.3. The van der Waals surface area contributed by atoms with Crippen molar-refractivity contribution in [1.29, 1.82) is 0 Å². The molecule has 0 spiro atoms. The molecule has 0 aliphatic heterocycles. The van der Waals surface area contributed by atoms with Gasteiger partial charge in [0.1, 0.15) is 0 Å². The highest BCUT2D eigenvalue weighted by atomic mass is 35.5. The lowest BCUT2D eigenvalue weighted by Gasteiger charge is -2.06. The zero-order chi connectivity index (χ0) is 13.2. The van der Waals surface area contributed by atoms with Crippen molar-refractivity contribution in [3.8, 4) is 0 Å². The van der Waals surface area contributed by atoms with E-state index in [1.165, 1.54) is 0 Å². The fourth-order valence-electron chi connectivity index (χ4n) is 2.09. The minimum absolute atomic E-state index is 0.510. The monoisotopic (exact) mass is 276 g/mol. The van der Waals surface area contributed by atoms with Crippen molar-refractivity contribution in [3.05, 3.63) is 35.6 Å². The Labute approximate surface area is 114 Å². The first-order chi connectivity index (χ1) is 9.24. The van der Waals surface area contributed by atoms with Crippen LogP contribution in [-0.2, 0) is 13.1 Å². The predicted octanol–water partition coefficient (Wildman–Crippen LogP) is 1.95. The number of benzene rings is 1. The normalized spacial score (nSPS) is 11.2. The first-order valence-corrected chi connectivity index (χ1v) is 6.37. The average Bonchev–Trinajstić information content (AvgIpc) is 2.99. The first-order valence-electron chi connectivity index (χ1n) is 5.99. The molecule has 3 rings (SSSR count). The van der Waals surface area contributed by atoms with Crippen LogP contribution in [0.15, 0.2) is 30.6 Å². The highest BCUT2D eigenvalue weighted by molar-refractivity contribution is 6.31. The molecular formula is C12H13ClN6. The van der Waals surface area contributed by atoms with Crippen LogP contribution in [0.4, 0.5) is 5.95 Å². The Kier molecular flexibility index (Phi) is 3.08. The Hall–Kier alpha value is -2.08. The highest BCUT2D eigenvalue weighted by Gasteiger charge is 2.08. The maximum absolute atomic E-state index is 6.01. The van der Waals surface area contributed by atoms with Gasteiger partial charge in [-0.1, -0.05) is 16.8 Å². The van der Waals surface area contributed by atoms with Gasteiger partial charge in [0.2, 0.25) is 5.95 Å². The Morgan fingerprint density at radius 3 is 2.95 bits per heavy atom. The van der Waals surface area contributed by atoms with E-state index < -0.39 is 0 Å². The topological polar surface area (TPSA) is 74.5 Å². The molecule has 2 aromatic heterocycles. The van der Waals surface area contributed by atoms with E-state index in [-0.39, 0.29) is 0 Å². The molecule has 0 radical (unpaired) electrons. The summed E-state index contributed by atoms with van der Waals surface area (Å²) in [5, 5.41) is 8.38. The number of hydrogen-bond donors (Lipinski definition) is 1. The molecule has 2 N–H and O–H groups in total. The highest BCUT2D eigenvalue weighted by Crippen LogP contribution is 2.22. The molecule has 0 unspecified atom stereocenters. The summed E-state index contributed by atoms with van der Waals surface area (Å²) < 4.78 is 3.76. The van der Waals surface area contributed by atoms with Gasteiger partial charge < -0.3 is 10.3 Å².